The number of ketones is 1. The first kappa shape index (κ1) is 12.7. The van der Waals surface area contributed by atoms with E-state index in [-0.39, 0.29) is 0 Å². The van der Waals surface area contributed by atoms with Gasteiger partial charge in [-0.1, -0.05) is 26.7 Å². The zero-order chi connectivity index (χ0) is 11.3. The van der Waals surface area contributed by atoms with E-state index in [4.69, 9.17) is 0 Å². The van der Waals surface area contributed by atoms with Gasteiger partial charge in [-0.3, -0.25) is 4.79 Å². The predicted molar refractivity (Wildman–Crippen MR) is 61.7 cm³/mol. The molecule has 2 nitrogen and oxygen atoms in total. The van der Waals surface area contributed by atoms with Crippen LogP contribution >= 0.6 is 0 Å². The van der Waals surface area contributed by atoms with E-state index in [1.54, 1.807) is 0 Å². The Hall–Kier alpha value is -0.370. The van der Waals surface area contributed by atoms with E-state index in [9.17, 15) is 9.90 Å². The van der Waals surface area contributed by atoms with Gasteiger partial charge >= 0.3 is 0 Å². The minimum absolute atomic E-state index is 0.308. The summed E-state index contributed by atoms with van der Waals surface area (Å²) < 4.78 is 0. The van der Waals surface area contributed by atoms with Crippen molar-refractivity contribution in [2.24, 2.45) is 5.92 Å². The first-order valence-corrected chi connectivity index (χ1v) is 6.36. The highest BCUT2D eigenvalue weighted by Crippen LogP contribution is 2.29. The van der Waals surface area contributed by atoms with Gasteiger partial charge in [0.2, 0.25) is 0 Å². The monoisotopic (exact) mass is 212 g/mol. The summed E-state index contributed by atoms with van der Waals surface area (Å²) in [6.45, 7) is 3.98. The van der Waals surface area contributed by atoms with Crippen LogP contribution in [0.3, 0.4) is 0 Å². The molecule has 1 rings (SSSR count). The molecule has 0 radical (unpaired) electrons. The summed E-state index contributed by atoms with van der Waals surface area (Å²) in [6, 6.07) is 0. The molecule has 1 N–H and O–H groups in total. The van der Waals surface area contributed by atoms with E-state index < -0.39 is 5.60 Å². The summed E-state index contributed by atoms with van der Waals surface area (Å²) in [7, 11) is 0. The number of hydrogen-bond acceptors (Lipinski definition) is 2. The maximum atomic E-state index is 11.8. The first-order chi connectivity index (χ1) is 7.11. The summed E-state index contributed by atoms with van der Waals surface area (Å²) in [6.07, 6.45) is 7.30. The Balaban J connectivity index is 2.32. The molecule has 15 heavy (non-hydrogen) atoms. The molecule has 0 saturated heterocycles. The largest absolute Gasteiger partial charge is 0.390 e. The highest BCUT2D eigenvalue weighted by molar-refractivity contribution is 5.81. The van der Waals surface area contributed by atoms with Gasteiger partial charge < -0.3 is 5.11 Å². The highest BCUT2D eigenvalue weighted by atomic mass is 16.3. The lowest BCUT2D eigenvalue weighted by atomic mass is 9.88. The molecule has 0 spiro atoms. The lowest BCUT2D eigenvalue weighted by Gasteiger charge is -2.25. The van der Waals surface area contributed by atoms with Gasteiger partial charge in [0.15, 0.2) is 0 Å². The number of aliphatic hydroxyl groups is 1. The Morgan fingerprint density at radius 1 is 1.27 bits per heavy atom. The Bertz CT molecular complexity index is 201. The molecule has 1 saturated carbocycles. The van der Waals surface area contributed by atoms with Gasteiger partial charge in [0.05, 0.1) is 5.60 Å². The smallest absolute Gasteiger partial charge is 0.136 e. The third-order valence-corrected chi connectivity index (χ3v) is 3.96. The molecule has 0 atom stereocenters. The molecule has 0 aromatic carbocycles. The second-order valence-corrected chi connectivity index (χ2v) is 4.88. The van der Waals surface area contributed by atoms with E-state index in [0.717, 1.165) is 25.7 Å². The lowest BCUT2D eigenvalue weighted by Crippen LogP contribution is -2.28. The molecule has 0 heterocycles. The summed E-state index contributed by atoms with van der Waals surface area (Å²) in [5.41, 5.74) is -0.603. The van der Waals surface area contributed by atoms with Crippen LogP contribution < -0.4 is 0 Å². The van der Waals surface area contributed by atoms with Gasteiger partial charge in [-0.05, 0) is 32.1 Å². The van der Waals surface area contributed by atoms with Crippen molar-refractivity contribution in [3.63, 3.8) is 0 Å². The third kappa shape index (κ3) is 3.60. The second-order valence-electron chi connectivity index (χ2n) is 4.88. The van der Waals surface area contributed by atoms with Crippen LogP contribution in [0.5, 0.6) is 0 Å². The summed E-state index contributed by atoms with van der Waals surface area (Å²) in [5, 5.41) is 10.1. The van der Waals surface area contributed by atoms with Crippen LogP contribution in [0.25, 0.3) is 0 Å². The summed E-state index contributed by atoms with van der Waals surface area (Å²) >= 11 is 0. The van der Waals surface area contributed by atoms with Gasteiger partial charge in [0.1, 0.15) is 5.78 Å². The molecule has 1 aliphatic carbocycles. The van der Waals surface area contributed by atoms with E-state index in [2.05, 4.69) is 0 Å². The Labute approximate surface area is 93.1 Å². The van der Waals surface area contributed by atoms with Crippen molar-refractivity contribution in [3.8, 4) is 0 Å². The van der Waals surface area contributed by atoms with E-state index in [1.165, 1.54) is 12.8 Å². The number of hydrogen-bond donors (Lipinski definition) is 1. The zero-order valence-corrected chi connectivity index (χ0v) is 10.1. The lowest BCUT2D eigenvalue weighted by molar-refractivity contribution is -0.124. The van der Waals surface area contributed by atoms with Gasteiger partial charge in [-0.25, -0.2) is 0 Å². The minimum atomic E-state index is -0.603. The standard InChI is InChI=1S/C13H24O2/c1-3-13(15,4-2)10-9-12(14)11-7-5-6-8-11/h11,15H,3-10H2,1-2H3. The number of carbonyl (C=O) groups is 1. The molecular formula is C13H24O2. The molecule has 0 aliphatic heterocycles. The van der Waals surface area contributed by atoms with Crippen molar-refractivity contribution in [3.05, 3.63) is 0 Å². The van der Waals surface area contributed by atoms with Crippen molar-refractivity contribution in [2.75, 3.05) is 0 Å². The third-order valence-electron chi connectivity index (χ3n) is 3.96. The van der Waals surface area contributed by atoms with Gasteiger partial charge in [-0.2, -0.15) is 0 Å². The molecule has 1 fully saturated rings. The van der Waals surface area contributed by atoms with Crippen LogP contribution in [0.2, 0.25) is 0 Å². The Morgan fingerprint density at radius 3 is 2.27 bits per heavy atom. The van der Waals surface area contributed by atoms with E-state index >= 15 is 0 Å². The predicted octanol–water partition coefficient (Wildman–Crippen LogP) is 3.08. The molecule has 0 aromatic heterocycles. The number of carbonyl (C=O) groups excluding carboxylic acids is 1. The normalized spacial score (nSPS) is 18.3. The van der Waals surface area contributed by atoms with Gasteiger partial charge in [0.25, 0.3) is 0 Å². The molecule has 0 bridgehead atoms. The maximum Gasteiger partial charge on any atom is 0.136 e. The molecule has 88 valence electrons. The summed E-state index contributed by atoms with van der Waals surface area (Å²) in [4.78, 5) is 11.8. The molecule has 0 unspecified atom stereocenters. The molecular weight excluding hydrogens is 188 g/mol. The fourth-order valence-corrected chi connectivity index (χ4v) is 2.41. The van der Waals surface area contributed by atoms with Crippen LogP contribution in [0, 0.1) is 5.92 Å². The van der Waals surface area contributed by atoms with E-state index in [0.29, 0.717) is 24.5 Å². The number of Topliss-reactive ketones (excluding diaryl/α,β-unsaturated/α-hetero) is 1. The molecule has 1 aliphatic rings. The van der Waals surface area contributed by atoms with Crippen LogP contribution in [0.4, 0.5) is 0 Å². The van der Waals surface area contributed by atoms with Crippen molar-refractivity contribution < 1.29 is 9.90 Å². The van der Waals surface area contributed by atoms with Crippen molar-refractivity contribution in [1.82, 2.24) is 0 Å². The van der Waals surface area contributed by atoms with Crippen LogP contribution in [0.15, 0.2) is 0 Å². The Kier molecular flexibility index (Phi) is 4.78. The van der Waals surface area contributed by atoms with Gasteiger partial charge in [0, 0.05) is 12.3 Å². The van der Waals surface area contributed by atoms with Crippen molar-refractivity contribution in [1.29, 1.82) is 0 Å². The highest BCUT2D eigenvalue weighted by Gasteiger charge is 2.27. The van der Waals surface area contributed by atoms with Crippen molar-refractivity contribution in [2.45, 2.75) is 70.8 Å². The average Bonchev–Trinajstić information content (AvgIpc) is 2.79. The van der Waals surface area contributed by atoms with Gasteiger partial charge in [-0.15, -0.1) is 0 Å². The zero-order valence-electron chi connectivity index (χ0n) is 10.1. The topological polar surface area (TPSA) is 37.3 Å². The fourth-order valence-electron chi connectivity index (χ4n) is 2.41. The van der Waals surface area contributed by atoms with Crippen LogP contribution in [0.1, 0.15) is 65.2 Å². The molecule has 0 aromatic rings. The molecule has 0 amide bonds. The Morgan fingerprint density at radius 2 is 1.80 bits per heavy atom. The average molecular weight is 212 g/mol. The number of rotatable bonds is 6. The second kappa shape index (κ2) is 5.64. The van der Waals surface area contributed by atoms with Crippen molar-refractivity contribution >= 4 is 5.78 Å². The summed E-state index contributed by atoms with van der Waals surface area (Å²) in [5.74, 6) is 0.691. The fraction of sp³-hybridized carbons (Fsp3) is 0.923. The van der Waals surface area contributed by atoms with E-state index in [1.807, 2.05) is 13.8 Å². The SMILES string of the molecule is CCC(O)(CC)CCC(=O)C1CCCC1. The quantitative estimate of drug-likeness (QED) is 0.734. The first-order valence-electron chi connectivity index (χ1n) is 6.36. The van der Waals surface area contributed by atoms with Crippen LogP contribution in [-0.2, 0) is 4.79 Å². The van der Waals surface area contributed by atoms with Crippen LogP contribution in [-0.4, -0.2) is 16.5 Å². The minimum Gasteiger partial charge on any atom is -0.390 e. The maximum absolute atomic E-state index is 11.8. The molecule has 2 heteroatoms.